The number of aryl methyl sites for hydroxylation is 1. The summed E-state index contributed by atoms with van der Waals surface area (Å²) in [7, 11) is 0. The molecule has 3 unspecified atom stereocenters. The zero-order valence-corrected chi connectivity index (χ0v) is 12.3. The summed E-state index contributed by atoms with van der Waals surface area (Å²) in [6.07, 6.45) is 4.28. The molecule has 0 aromatic heterocycles. The molecule has 1 saturated carbocycles. The van der Waals surface area contributed by atoms with E-state index in [0.717, 1.165) is 25.9 Å². The quantitative estimate of drug-likeness (QED) is 0.886. The molecule has 3 heteroatoms. The fourth-order valence-electron chi connectivity index (χ4n) is 3.47. The second-order valence-electron chi connectivity index (χ2n) is 6.75. The molecular weight excluding hydrogens is 248 g/mol. The number of nitrogens with zero attached hydrogens (tertiary/aromatic N) is 1. The second-order valence-corrected chi connectivity index (χ2v) is 6.75. The maximum Gasteiger partial charge on any atom is 0.0571 e. The average molecular weight is 274 g/mol. The zero-order valence-electron chi connectivity index (χ0n) is 12.3. The molecule has 1 aromatic carbocycles. The van der Waals surface area contributed by atoms with Crippen molar-refractivity contribution in [3.8, 4) is 0 Å². The van der Waals surface area contributed by atoms with E-state index in [1.807, 2.05) is 0 Å². The van der Waals surface area contributed by atoms with Crippen molar-refractivity contribution in [3.63, 3.8) is 0 Å². The normalized spacial score (nSPS) is 28.4. The lowest BCUT2D eigenvalue weighted by Gasteiger charge is -2.38. The Bertz CT molecular complexity index is 458. The highest BCUT2D eigenvalue weighted by Gasteiger charge is 2.34. The van der Waals surface area contributed by atoms with Gasteiger partial charge in [-0.15, -0.1) is 0 Å². The minimum atomic E-state index is -0.107. The third kappa shape index (κ3) is 3.33. The van der Waals surface area contributed by atoms with Gasteiger partial charge < -0.3 is 15.7 Å². The van der Waals surface area contributed by atoms with Gasteiger partial charge in [-0.25, -0.2) is 0 Å². The largest absolute Gasteiger partial charge is 0.393 e. The van der Waals surface area contributed by atoms with Crippen molar-refractivity contribution in [2.75, 3.05) is 18.0 Å². The molecule has 2 aliphatic rings. The van der Waals surface area contributed by atoms with Crippen molar-refractivity contribution in [1.29, 1.82) is 0 Å². The smallest absolute Gasteiger partial charge is 0.0571 e. The Morgan fingerprint density at radius 3 is 2.85 bits per heavy atom. The van der Waals surface area contributed by atoms with Gasteiger partial charge in [0, 0.05) is 24.8 Å². The van der Waals surface area contributed by atoms with E-state index in [2.05, 4.69) is 36.1 Å². The molecule has 0 amide bonds. The highest BCUT2D eigenvalue weighted by atomic mass is 16.3. The summed E-state index contributed by atoms with van der Waals surface area (Å²) in [5.74, 6) is 1.09. The Labute approximate surface area is 121 Å². The average Bonchev–Trinajstić information content (AvgIpc) is 3.22. The Morgan fingerprint density at radius 2 is 2.15 bits per heavy atom. The fourth-order valence-corrected chi connectivity index (χ4v) is 3.47. The highest BCUT2D eigenvalue weighted by Crippen LogP contribution is 2.36. The summed E-state index contributed by atoms with van der Waals surface area (Å²) in [6.45, 7) is 4.09. The molecule has 1 heterocycles. The summed E-state index contributed by atoms with van der Waals surface area (Å²) in [6, 6.07) is 8.85. The van der Waals surface area contributed by atoms with Gasteiger partial charge in [-0.3, -0.25) is 0 Å². The minimum absolute atomic E-state index is 0.107. The molecule has 0 spiro atoms. The second kappa shape index (κ2) is 5.74. The monoisotopic (exact) mass is 274 g/mol. The van der Waals surface area contributed by atoms with Crippen LogP contribution in [0.2, 0.25) is 0 Å². The zero-order chi connectivity index (χ0) is 14.1. The van der Waals surface area contributed by atoms with Gasteiger partial charge in [-0.05, 0) is 62.1 Å². The van der Waals surface area contributed by atoms with Crippen LogP contribution in [0.5, 0.6) is 0 Å². The van der Waals surface area contributed by atoms with Crippen LogP contribution < -0.4 is 10.6 Å². The third-order valence-corrected chi connectivity index (χ3v) is 4.68. The number of rotatable bonds is 4. The van der Waals surface area contributed by atoms with Crippen LogP contribution in [0, 0.1) is 18.8 Å². The Hall–Kier alpha value is -1.06. The maximum absolute atomic E-state index is 10.2. The minimum Gasteiger partial charge on any atom is -0.393 e. The topological polar surface area (TPSA) is 49.5 Å². The van der Waals surface area contributed by atoms with E-state index in [0.29, 0.717) is 11.8 Å². The molecule has 3 rings (SSSR count). The Balaban J connectivity index is 1.66. The van der Waals surface area contributed by atoms with Crippen LogP contribution in [0.4, 0.5) is 5.69 Å². The van der Waals surface area contributed by atoms with Gasteiger partial charge in [0.25, 0.3) is 0 Å². The van der Waals surface area contributed by atoms with Crippen molar-refractivity contribution in [3.05, 3.63) is 29.8 Å². The molecule has 20 heavy (non-hydrogen) atoms. The van der Waals surface area contributed by atoms with Gasteiger partial charge in [0.05, 0.1) is 6.10 Å². The SMILES string of the molecule is Cc1cccc(N2CC(N)CC(CC(O)C3CC3)C2)c1. The Morgan fingerprint density at radius 1 is 1.35 bits per heavy atom. The van der Waals surface area contributed by atoms with Crippen LogP contribution in [0.25, 0.3) is 0 Å². The number of benzene rings is 1. The van der Waals surface area contributed by atoms with Crippen LogP contribution >= 0.6 is 0 Å². The predicted molar refractivity (Wildman–Crippen MR) is 82.8 cm³/mol. The molecule has 1 aliphatic heterocycles. The van der Waals surface area contributed by atoms with Crippen LogP contribution in [-0.4, -0.2) is 30.3 Å². The molecule has 2 fully saturated rings. The molecular formula is C17H26N2O. The van der Waals surface area contributed by atoms with Gasteiger partial charge in [-0.2, -0.15) is 0 Å². The first kappa shape index (κ1) is 13.9. The number of anilines is 1. The molecule has 1 aromatic rings. The number of hydrogen-bond donors (Lipinski definition) is 2. The first-order valence-corrected chi connectivity index (χ1v) is 7.87. The number of hydrogen-bond acceptors (Lipinski definition) is 3. The first-order valence-electron chi connectivity index (χ1n) is 7.87. The van der Waals surface area contributed by atoms with Crippen molar-refractivity contribution in [1.82, 2.24) is 0 Å². The van der Waals surface area contributed by atoms with Crippen LogP contribution in [0.1, 0.15) is 31.2 Å². The van der Waals surface area contributed by atoms with E-state index in [1.54, 1.807) is 0 Å². The van der Waals surface area contributed by atoms with E-state index >= 15 is 0 Å². The first-order chi connectivity index (χ1) is 9.61. The number of aliphatic hydroxyl groups excluding tert-OH is 1. The number of aliphatic hydroxyl groups is 1. The van der Waals surface area contributed by atoms with Crippen LogP contribution in [0.15, 0.2) is 24.3 Å². The van der Waals surface area contributed by atoms with E-state index in [4.69, 9.17) is 5.73 Å². The van der Waals surface area contributed by atoms with E-state index in [1.165, 1.54) is 24.1 Å². The van der Waals surface area contributed by atoms with Gasteiger partial charge in [0.15, 0.2) is 0 Å². The van der Waals surface area contributed by atoms with Crippen molar-refractivity contribution >= 4 is 5.69 Å². The van der Waals surface area contributed by atoms with Gasteiger partial charge in [0.2, 0.25) is 0 Å². The third-order valence-electron chi connectivity index (χ3n) is 4.68. The summed E-state index contributed by atoms with van der Waals surface area (Å²) in [5.41, 5.74) is 8.79. The molecule has 110 valence electrons. The summed E-state index contributed by atoms with van der Waals surface area (Å²) in [5, 5.41) is 10.2. The standard InChI is InChI=1S/C17H26N2O/c1-12-3-2-4-16(7-12)19-10-13(8-15(18)11-19)9-17(20)14-5-6-14/h2-4,7,13-15,17,20H,5-6,8-11,18H2,1H3. The van der Waals surface area contributed by atoms with Gasteiger partial charge >= 0.3 is 0 Å². The van der Waals surface area contributed by atoms with Gasteiger partial charge in [0.1, 0.15) is 0 Å². The molecule has 3 atom stereocenters. The van der Waals surface area contributed by atoms with Crippen molar-refractivity contribution < 1.29 is 5.11 Å². The molecule has 1 aliphatic carbocycles. The molecule has 0 bridgehead atoms. The Kier molecular flexibility index (Phi) is 3.99. The summed E-state index contributed by atoms with van der Waals surface area (Å²) < 4.78 is 0. The lowest BCUT2D eigenvalue weighted by molar-refractivity contribution is 0.114. The van der Waals surface area contributed by atoms with E-state index < -0.39 is 0 Å². The van der Waals surface area contributed by atoms with Crippen LogP contribution in [0.3, 0.4) is 0 Å². The van der Waals surface area contributed by atoms with Gasteiger partial charge in [-0.1, -0.05) is 12.1 Å². The van der Waals surface area contributed by atoms with Crippen molar-refractivity contribution in [2.24, 2.45) is 17.6 Å². The van der Waals surface area contributed by atoms with E-state index in [-0.39, 0.29) is 12.1 Å². The number of piperidine rings is 1. The van der Waals surface area contributed by atoms with Crippen molar-refractivity contribution in [2.45, 2.75) is 44.8 Å². The maximum atomic E-state index is 10.2. The highest BCUT2D eigenvalue weighted by molar-refractivity contribution is 5.49. The predicted octanol–water partition coefficient (Wildman–Crippen LogP) is 2.31. The number of nitrogens with two attached hydrogens (primary N) is 1. The summed E-state index contributed by atoms with van der Waals surface area (Å²) in [4.78, 5) is 2.39. The van der Waals surface area contributed by atoms with Crippen LogP contribution in [-0.2, 0) is 0 Å². The lowest BCUT2D eigenvalue weighted by atomic mass is 9.88. The molecule has 1 saturated heterocycles. The summed E-state index contributed by atoms with van der Waals surface area (Å²) >= 11 is 0. The molecule has 3 nitrogen and oxygen atoms in total. The molecule has 3 N–H and O–H groups in total. The lowest BCUT2D eigenvalue weighted by Crippen LogP contribution is -2.47. The van der Waals surface area contributed by atoms with E-state index in [9.17, 15) is 5.11 Å². The molecule has 0 radical (unpaired) electrons. The fraction of sp³-hybridized carbons (Fsp3) is 0.647.